The lowest BCUT2D eigenvalue weighted by atomic mass is 10.1. The number of thioether (sulfide) groups is 1. The maximum Gasteiger partial charge on any atom is 0.0929 e. The second-order valence-electron chi connectivity index (χ2n) is 2.01. The van der Waals surface area contributed by atoms with Crippen LogP contribution in [-0.2, 0) is 0 Å². The molecule has 0 aromatic heterocycles. The Bertz CT molecular complexity index is 156. The van der Waals surface area contributed by atoms with E-state index in [1.807, 2.05) is 0 Å². The fraction of sp³-hybridized carbons (Fsp3) is 0.667. The minimum atomic E-state index is 0.0784. The monoisotopic (exact) mass is 138 g/mol. The first-order valence-corrected chi connectivity index (χ1v) is 3.82. The number of hydrogen-bond donors (Lipinski definition) is 0. The minimum absolute atomic E-state index is 0.0784. The third-order valence-electron chi connectivity index (χ3n) is 1.32. The molecule has 0 spiro atoms. The Hall–Kier alpha value is -0.670. The van der Waals surface area contributed by atoms with Crippen LogP contribution in [0.15, 0.2) is 0 Å². The lowest BCUT2D eigenvalue weighted by Crippen LogP contribution is -1.95. The smallest absolute Gasteiger partial charge is 0.0929 e. The summed E-state index contributed by atoms with van der Waals surface area (Å²) in [5.74, 6) is 0.967. The zero-order chi connectivity index (χ0) is 6.69. The van der Waals surface area contributed by atoms with Gasteiger partial charge in [0.2, 0.25) is 0 Å². The molecule has 0 saturated carbocycles. The van der Waals surface area contributed by atoms with Gasteiger partial charge in [0.15, 0.2) is 0 Å². The van der Waals surface area contributed by atoms with Crippen LogP contribution in [0.25, 0.3) is 0 Å². The van der Waals surface area contributed by atoms with Gasteiger partial charge in [0.25, 0.3) is 0 Å². The van der Waals surface area contributed by atoms with Crippen molar-refractivity contribution in [3.63, 3.8) is 0 Å². The average Bonchev–Trinajstić information content (AvgIpc) is 2.34. The fourth-order valence-electron chi connectivity index (χ4n) is 0.807. The Morgan fingerprint density at radius 1 is 1.33 bits per heavy atom. The molecule has 0 aromatic rings. The second kappa shape index (κ2) is 2.75. The van der Waals surface area contributed by atoms with E-state index in [9.17, 15) is 0 Å². The Kier molecular flexibility index (Phi) is 1.97. The first-order valence-electron chi connectivity index (χ1n) is 2.77. The third kappa shape index (κ3) is 1.37. The largest absolute Gasteiger partial charge is 0.198 e. The SMILES string of the molecule is N#C[C@@H]1CS[C@H](C#N)C1. The van der Waals surface area contributed by atoms with Crippen molar-refractivity contribution in [3.8, 4) is 12.1 Å². The molecule has 1 aliphatic heterocycles. The van der Waals surface area contributed by atoms with Gasteiger partial charge in [-0.05, 0) is 6.42 Å². The van der Waals surface area contributed by atoms with E-state index in [4.69, 9.17) is 10.5 Å². The van der Waals surface area contributed by atoms with Crippen molar-refractivity contribution in [1.82, 2.24) is 0 Å². The van der Waals surface area contributed by atoms with Crippen molar-refractivity contribution >= 4 is 11.8 Å². The number of rotatable bonds is 0. The normalized spacial score (nSPS) is 33.1. The summed E-state index contributed by atoms with van der Waals surface area (Å²) in [6.45, 7) is 0. The molecule has 46 valence electrons. The standard InChI is InChI=1S/C6H6N2S/c7-2-5-1-6(3-8)9-4-5/h5-6H,1,4H2/t5-,6+/m1/s1. The molecule has 1 heterocycles. The van der Waals surface area contributed by atoms with Gasteiger partial charge >= 0.3 is 0 Å². The van der Waals surface area contributed by atoms with Crippen molar-refractivity contribution in [2.45, 2.75) is 11.7 Å². The fourth-order valence-corrected chi connectivity index (χ4v) is 1.92. The van der Waals surface area contributed by atoms with Crippen LogP contribution in [0.3, 0.4) is 0 Å². The first-order chi connectivity index (χ1) is 4.36. The lowest BCUT2D eigenvalue weighted by molar-refractivity contribution is 0.729. The van der Waals surface area contributed by atoms with E-state index >= 15 is 0 Å². The van der Waals surface area contributed by atoms with E-state index < -0.39 is 0 Å². The van der Waals surface area contributed by atoms with Crippen molar-refractivity contribution in [1.29, 1.82) is 10.5 Å². The summed E-state index contributed by atoms with van der Waals surface area (Å²) in [7, 11) is 0. The topological polar surface area (TPSA) is 47.6 Å². The molecule has 0 aromatic carbocycles. The van der Waals surface area contributed by atoms with Gasteiger partial charge in [-0.3, -0.25) is 0 Å². The lowest BCUT2D eigenvalue weighted by Gasteiger charge is -1.90. The summed E-state index contributed by atoms with van der Waals surface area (Å²) in [6.07, 6.45) is 0.762. The summed E-state index contributed by atoms with van der Waals surface area (Å²) in [6, 6.07) is 4.30. The maximum absolute atomic E-state index is 8.41. The van der Waals surface area contributed by atoms with Crippen LogP contribution in [-0.4, -0.2) is 11.0 Å². The molecule has 3 heteroatoms. The zero-order valence-corrected chi connectivity index (χ0v) is 5.69. The van der Waals surface area contributed by atoms with Gasteiger partial charge < -0.3 is 0 Å². The second-order valence-corrected chi connectivity index (χ2v) is 3.25. The van der Waals surface area contributed by atoms with Crippen molar-refractivity contribution in [3.05, 3.63) is 0 Å². The Morgan fingerprint density at radius 2 is 2.11 bits per heavy atom. The molecule has 0 amide bonds. The van der Waals surface area contributed by atoms with Crippen molar-refractivity contribution in [2.24, 2.45) is 5.92 Å². The summed E-state index contributed by atoms with van der Waals surface area (Å²) in [4.78, 5) is 0. The van der Waals surface area contributed by atoms with Gasteiger partial charge in [-0.2, -0.15) is 10.5 Å². The Balaban J connectivity index is 2.42. The van der Waals surface area contributed by atoms with Gasteiger partial charge in [0.1, 0.15) is 0 Å². The molecule has 0 N–H and O–H groups in total. The molecule has 2 nitrogen and oxygen atoms in total. The summed E-state index contributed by atoms with van der Waals surface area (Å²) < 4.78 is 0. The molecular weight excluding hydrogens is 132 g/mol. The molecule has 0 radical (unpaired) electrons. The number of nitriles is 2. The van der Waals surface area contributed by atoms with E-state index in [0.717, 1.165) is 12.2 Å². The highest BCUT2D eigenvalue weighted by molar-refractivity contribution is 8.00. The Morgan fingerprint density at radius 3 is 2.44 bits per heavy atom. The summed E-state index contributed by atoms with van der Waals surface area (Å²) >= 11 is 1.59. The highest BCUT2D eigenvalue weighted by Crippen LogP contribution is 2.29. The van der Waals surface area contributed by atoms with Crippen molar-refractivity contribution in [2.75, 3.05) is 5.75 Å². The van der Waals surface area contributed by atoms with E-state index in [1.54, 1.807) is 11.8 Å². The van der Waals surface area contributed by atoms with Crippen LogP contribution in [0.1, 0.15) is 6.42 Å². The van der Waals surface area contributed by atoms with Gasteiger partial charge in [0.05, 0.1) is 23.3 Å². The first kappa shape index (κ1) is 6.45. The molecule has 1 aliphatic rings. The van der Waals surface area contributed by atoms with E-state index in [-0.39, 0.29) is 11.2 Å². The third-order valence-corrected chi connectivity index (χ3v) is 2.62. The quantitative estimate of drug-likeness (QED) is 0.504. The predicted octanol–water partition coefficient (Wildman–Crippen LogP) is 1.16. The predicted molar refractivity (Wildman–Crippen MR) is 35.6 cm³/mol. The molecule has 0 aliphatic carbocycles. The highest BCUT2D eigenvalue weighted by atomic mass is 32.2. The molecule has 1 fully saturated rings. The van der Waals surface area contributed by atoms with Crippen LogP contribution < -0.4 is 0 Å². The van der Waals surface area contributed by atoms with Gasteiger partial charge in [-0.15, -0.1) is 11.8 Å². The molecule has 2 atom stereocenters. The van der Waals surface area contributed by atoms with Gasteiger partial charge in [0, 0.05) is 5.75 Å². The van der Waals surface area contributed by atoms with Crippen LogP contribution in [0.4, 0.5) is 0 Å². The number of nitrogens with zero attached hydrogens (tertiary/aromatic N) is 2. The molecular formula is C6H6N2S. The summed E-state index contributed by atoms with van der Waals surface area (Å²) in [5.41, 5.74) is 0. The van der Waals surface area contributed by atoms with Crippen LogP contribution in [0, 0.1) is 28.6 Å². The Labute approximate surface area is 58.5 Å². The molecule has 1 saturated heterocycles. The van der Waals surface area contributed by atoms with Crippen molar-refractivity contribution < 1.29 is 0 Å². The molecule has 0 unspecified atom stereocenters. The average molecular weight is 138 g/mol. The molecule has 1 rings (SSSR count). The minimum Gasteiger partial charge on any atom is -0.198 e. The van der Waals surface area contributed by atoms with Crippen LogP contribution >= 0.6 is 11.8 Å². The highest BCUT2D eigenvalue weighted by Gasteiger charge is 2.24. The van der Waals surface area contributed by atoms with Gasteiger partial charge in [-0.25, -0.2) is 0 Å². The zero-order valence-electron chi connectivity index (χ0n) is 4.87. The van der Waals surface area contributed by atoms with Crippen LogP contribution in [0.5, 0.6) is 0 Å². The van der Waals surface area contributed by atoms with E-state index in [0.29, 0.717) is 0 Å². The summed E-state index contributed by atoms with van der Waals surface area (Å²) in [5, 5.41) is 16.9. The van der Waals surface area contributed by atoms with E-state index in [2.05, 4.69) is 12.1 Å². The number of hydrogen-bond acceptors (Lipinski definition) is 3. The van der Waals surface area contributed by atoms with E-state index in [1.165, 1.54) is 0 Å². The van der Waals surface area contributed by atoms with Crippen LogP contribution in [0.2, 0.25) is 0 Å². The molecule has 0 bridgehead atoms. The molecule has 9 heavy (non-hydrogen) atoms. The maximum atomic E-state index is 8.41. The van der Waals surface area contributed by atoms with Gasteiger partial charge in [-0.1, -0.05) is 0 Å².